The van der Waals surface area contributed by atoms with Crippen molar-refractivity contribution in [2.24, 2.45) is 27.6 Å². The van der Waals surface area contributed by atoms with Crippen LogP contribution in [0.3, 0.4) is 0 Å². The van der Waals surface area contributed by atoms with E-state index in [4.69, 9.17) is 11.5 Å². The molecule has 0 aliphatic rings. The third-order valence-corrected chi connectivity index (χ3v) is 1.65. The summed E-state index contributed by atoms with van der Waals surface area (Å²) in [7, 11) is 0. The van der Waals surface area contributed by atoms with Crippen molar-refractivity contribution in [2.45, 2.75) is 27.2 Å². The Labute approximate surface area is 67.4 Å². The van der Waals surface area contributed by atoms with Gasteiger partial charge in [0.2, 0.25) is 5.96 Å². The van der Waals surface area contributed by atoms with Gasteiger partial charge in [-0.1, -0.05) is 13.8 Å². The van der Waals surface area contributed by atoms with Gasteiger partial charge in [0.25, 0.3) is 0 Å². The minimum absolute atomic E-state index is 0.00709. The van der Waals surface area contributed by atoms with Gasteiger partial charge in [0.05, 0.1) is 0 Å². The van der Waals surface area contributed by atoms with Crippen molar-refractivity contribution >= 4 is 11.7 Å². The molecule has 1 unspecified atom stereocenters. The molecule has 0 aliphatic carbocycles. The van der Waals surface area contributed by atoms with Gasteiger partial charge in [-0.25, -0.2) is 0 Å². The molecule has 0 heterocycles. The normalized spacial score (nSPS) is 14.3. The Kier molecular flexibility index (Phi) is 4.26. The fraction of sp³-hybridized carbons (Fsp3) is 0.714. The maximum atomic E-state index is 5.10. The van der Waals surface area contributed by atoms with Crippen molar-refractivity contribution in [1.82, 2.24) is 0 Å². The molecule has 0 amide bonds. The fourth-order valence-corrected chi connectivity index (χ4v) is 0.531. The zero-order valence-corrected chi connectivity index (χ0v) is 7.33. The molecular weight excluding hydrogens is 140 g/mol. The lowest BCUT2D eigenvalue weighted by molar-refractivity contribution is 0.732. The summed E-state index contributed by atoms with van der Waals surface area (Å²) in [5.41, 5.74) is 11.2. The number of hydrogen-bond acceptors (Lipinski definition) is 2. The monoisotopic (exact) mass is 156 g/mol. The molecule has 0 aromatic heterocycles. The summed E-state index contributed by atoms with van der Waals surface area (Å²) in [6.45, 7) is 6.10. The van der Waals surface area contributed by atoms with Gasteiger partial charge in [-0.2, -0.15) is 5.10 Å². The first-order valence-corrected chi connectivity index (χ1v) is 3.71. The third-order valence-electron chi connectivity index (χ3n) is 1.65. The molecule has 11 heavy (non-hydrogen) atoms. The second-order valence-corrected chi connectivity index (χ2v) is 2.58. The highest BCUT2D eigenvalue weighted by Crippen LogP contribution is 2.03. The highest BCUT2D eigenvalue weighted by atomic mass is 15.3. The van der Waals surface area contributed by atoms with E-state index in [9.17, 15) is 0 Å². The number of hydrogen-bond donors (Lipinski definition) is 2. The smallest absolute Gasteiger partial charge is 0.211 e. The molecule has 4 N–H and O–H groups in total. The van der Waals surface area contributed by atoms with Crippen LogP contribution in [0, 0.1) is 5.92 Å². The molecule has 0 aromatic carbocycles. The second kappa shape index (κ2) is 4.71. The van der Waals surface area contributed by atoms with Crippen molar-refractivity contribution < 1.29 is 0 Å². The molecule has 0 aromatic rings. The first-order valence-electron chi connectivity index (χ1n) is 3.71. The van der Waals surface area contributed by atoms with Crippen molar-refractivity contribution in [1.29, 1.82) is 0 Å². The van der Waals surface area contributed by atoms with Crippen LogP contribution in [-0.4, -0.2) is 11.7 Å². The topological polar surface area (TPSA) is 76.8 Å². The lowest BCUT2D eigenvalue weighted by Gasteiger charge is -2.04. The number of nitrogens with zero attached hydrogens (tertiary/aromatic N) is 2. The Hall–Kier alpha value is -1.06. The molecule has 0 saturated heterocycles. The molecule has 0 aliphatic heterocycles. The maximum absolute atomic E-state index is 5.10. The molecule has 64 valence electrons. The van der Waals surface area contributed by atoms with E-state index in [-0.39, 0.29) is 5.96 Å². The van der Waals surface area contributed by atoms with Gasteiger partial charge in [-0.15, -0.1) is 5.10 Å². The number of rotatable bonds is 3. The summed E-state index contributed by atoms with van der Waals surface area (Å²) in [6, 6.07) is 0. The van der Waals surface area contributed by atoms with Gasteiger partial charge < -0.3 is 11.5 Å². The van der Waals surface area contributed by atoms with E-state index in [1.807, 2.05) is 6.92 Å². The largest absolute Gasteiger partial charge is 0.369 e. The summed E-state index contributed by atoms with van der Waals surface area (Å²) in [5.74, 6) is 0.450. The number of guanidine groups is 1. The van der Waals surface area contributed by atoms with Crippen molar-refractivity contribution in [3.63, 3.8) is 0 Å². The molecule has 0 bridgehead atoms. The molecule has 4 heteroatoms. The van der Waals surface area contributed by atoms with Crippen LogP contribution in [0.25, 0.3) is 0 Å². The van der Waals surface area contributed by atoms with Crippen LogP contribution in [0.5, 0.6) is 0 Å². The Morgan fingerprint density at radius 1 is 1.36 bits per heavy atom. The third kappa shape index (κ3) is 4.36. The summed E-state index contributed by atoms with van der Waals surface area (Å²) >= 11 is 0. The average molecular weight is 156 g/mol. The summed E-state index contributed by atoms with van der Waals surface area (Å²) in [5, 5.41) is 7.40. The van der Waals surface area contributed by atoms with Gasteiger partial charge >= 0.3 is 0 Å². The van der Waals surface area contributed by atoms with Crippen molar-refractivity contribution in [2.75, 3.05) is 0 Å². The summed E-state index contributed by atoms with van der Waals surface area (Å²) in [4.78, 5) is 0. The standard InChI is InChI=1S/C7H16N4/c1-4-5(2)6(3)10-11-7(8)9/h5H,4H2,1-3H3,(H4,8,9,11). The highest BCUT2D eigenvalue weighted by molar-refractivity contribution is 5.85. The Balaban J connectivity index is 4.11. The zero-order chi connectivity index (χ0) is 8.85. The molecule has 1 atom stereocenters. The van der Waals surface area contributed by atoms with Crippen LogP contribution in [0.4, 0.5) is 0 Å². The molecular formula is C7H16N4. The van der Waals surface area contributed by atoms with Crippen LogP contribution in [0.1, 0.15) is 27.2 Å². The number of nitrogens with two attached hydrogens (primary N) is 2. The molecule has 0 rings (SSSR count). The average Bonchev–Trinajstić information content (AvgIpc) is 1.98. The Morgan fingerprint density at radius 2 is 1.91 bits per heavy atom. The lowest BCUT2D eigenvalue weighted by atomic mass is 10.1. The molecule has 0 spiro atoms. The van der Waals surface area contributed by atoms with Crippen molar-refractivity contribution in [3.8, 4) is 0 Å². The van der Waals surface area contributed by atoms with Gasteiger partial charge in [-0.05, 0) is 19.3 Å². The van der Waals surface area contributed by atoms with E-state index >= 15 is 0 Å². The van der Waals surface area contributed by atoms with Crippen LogP contribution >= 0.6 is 0 Å². The first-order chi connectivity index (χ1) is 5.07. The second-order valence-electron chi connectivity index (χ2n) is 2.58. The van der Waals surface area contributed by atoms with E-state index in [1.165, 1.54) is 0 Å². The SMILES string of the molecule is CCC(C)C(C)=NN=C(N)N. The van der Waals surface area contributed by atoms with Gasteiger partial charge in [-0.3, -0.25) is 0 Å². The van der Waals surface area contributed by atoms with Crippen LogP contribution < -0.4 is 11.5 Å². The zero-order valence-electron chi connectivity index (χ0n) is 7.33. The first kappa shape index (κ1) is 9.94. The molecule has 0 saturated carbocycles. The lowest BCUT2D eigenvalue weighted by Crippen LogP contribution is -2.22. The van der Waals surface area contributed by atoms with E-state index < -0.39 is 0 Å². The molecule has 0 radical (unpaired) electrons. The fourth-order valence-electron chi connectivity index (χ4n) is 0.531. The van der Waals surface area contributed by atoms with Gasteiger partial charge in [0.1, 0.15) is 0 Å². The van der Waals surface area contributed by atoms with Gasteiger partial charge in [0, 0.05) is 5.71 Å². The van der Waals surface area contributed by atoms with Crippen LogP contribution in [0.2, 0.25) is 0 Å². The minimum Gasteiger partial charge on any atom is -0.369 e. The highest BCUT2D eigenvalue weighted by Gasteiger charge is 2.00. The Morgan fingerprint density at radius 3 is 2.27 bits per heavy atom. The summed E-state index contributed by atoms with van der Waals surface area (Å²) < 4.78 is 0. The minimum atomic E-state index is 0.00709. The maximum Gasteiger partial charge on any atom is 0.211 e. The van der Waals surface area contributed by atoms with Gasteiger partial charge in [0.15, 0.2) is 0 Å². The van der Waals surface area contributed by atoms with E-state index in [2.05, 4.69) is 24.1 Å². The van der Waals surface area contributed by atoms with Crippen molar-refractivity contribution in [3.05, 3.63) is 0 Å². The predicted molar refractivity (Wildman–Crippen MR) is 48.4 cm³/mol. The van der Waals surface area contributed by atoms with Crippen LogP contribution in [-0.2, 0) is 0 Å². The van der Waals surface area contributed by atoms with Crippen LogP contribution in [0.15, 0.2) is 10.2 Å². The summed E-state index contributed by atoms with van der Waals surface area (Å²) in [6.07, 6.45) is 1.05. The Bertz CT molecular complexity index is 167. The predicted octanol–water partition coefficient (Wildman–Crippen LogP) is 0.682. The quantitative estimate of drug-likeness (QED) is 0.358. The molecule has 0 fully saturated rings. The molecule has 4 nitrogen and oxygen atoms in total. The van der Waals surface area contributed by atoms with E-state index in [1.54, 1.807) is 0 Å². The van der Waals surface area contributed by atoms with E-state index in [0.29, 0.717) is 5.92 Å². The van der Waals surface area contributed by atoms with E-state index in [0.717, 1.165) is 12.1 Å².